The van der Waals surface area contributed by atoms with Gasteiger partial charge in [0.05, 0.1) is 12.7 Å². The molecule has 0 aromatic heterocycles. The van der Waals surface area contributed by atoms with Crippen LogP contribution in [0.25, 0.3) is 0 Å². The second-order valence-corrected chi connectivity index (χ2v) is 4.25. The fourth-order valence-electron chi connectivity index (χ4n) is 1.78. The van der Waals surface area contributed by atoms with Crippen LogP contribution in [-0.4, -0.2) is 23.7 Å². The van der Waals surface area contributed by atoms with E-state index in [1.165, 1.54) is 0 Å². The Morgan fingerprint density at radius 3 is 2.25 bits per heavy atom. The average Bonchev–Trinajstić information content (AvgIpc) is 2.28. The van der Waals surface area contributed by atoms with Crippen molar-refractivity contribution in [2.45, 2.75) is 52.5 Å². The van der Waals surface area contributed by atoms with Gasteiger partial charge in [-0.25, -0.2) is 0 Å². The molecule has 4 heteroatoms. The van der Waals surface area contributed by atoms with Gasteiger partial charge in [0.1, 0.15) is 5.41 Å². The van der Waals surface area contributed by atoms with Crippen molar-refractivity contribution in [2.75, 3.05) is 6.61 Å². The number of nitrogens with one attached hydrogen (secondary N) is 1. The first-order valence-corrected chi connectivity index (χ1v) is 5.89. The first-order chi connectivity index (χ1) is 7.56. The van der Waals surface area contributed by atoms with Crippen LogP contribution < -0.4 is 5.32 Å². The summed E-state index contributed by atoms with van der Waals surface area (Å²) >= 11 is 0. The summed E-state index contributed by atoms with van der Waals surface area (Å²) in [4.78, 5) is 12.0. The number of hydrogen-bond donors (Lipinski definition) is 2. The Balaban J connectivity index is 4.74. The SMILES string of the molecule is CCCC(C#N)(CCC)C(=O)N[C@@H](C)CO. The van der Waals surface area contributed by atoms with E-state index in [2.05, 4.69) is 11.4 Å². The van der Waals surface area contributed by atoms with Crippen molar-refractivity contribution in [1.29, 1.82) is 5.26 Å². The number of hydrogen-bond acceptors (Lipinski definition) is 3. The van der Waals surface area contributed by atoms with Crippen molar-refractivity contribution in [3.05, 3.63) is 0 Å². The molecular formula is C12H22N2O2. The molecule has 4 nitrogen and oxygen atoms in total. The summed E-state index contributed by atoms with van der Waals surface area (Å²) in [7, 11) is 0. The van der Waals surface area contributed by atoms with Gasteiger partial charge in [0, 0.05) is 6.04 Å². The average molecular weight is 226 g/mol. The topological polar surface area (TPSA) is 73.1 Å². The Kier molecular flexibility index (Phi) is 6.75. The number of nitriles is 1. The molecule has 0 aromatic carbocycles. The zero-order valence-corrected chi connectivity index (χ0v) is 10.4. The Morgan fingerprint density at radius 1 is 1.44 bits per heavy atom. The predicted octanol–water partition coefficient (Wildman–Crippen LogP) is 1.59. The monoisotopic (exact) mass is 226 g/mol. The number of aliphatic hydroxyl groups excluding tert-OH is 1. The van der Waals surface area contributed by atoms with Crippen LogP contribution in [0.1, 0.15) is 46.5 Å². The molecule has 1 atom stereocenters. The predicted molar refractivity (Wildman–Crippen MR) is 62.6 cm³/mol. The molecule has 0 radical (unpaired) electrons. The third-order valence-electron chi connectivity index (χ3n) is 2.65. The van der Waals surface area contributed by atoms with Gasteiger partial charge in [-0.2, -0.15) is 5.26 Å². The normalized spacial score (nSPS) is 12.9. The van der Waals surface area contributed by atoms with Crippen LogP contribution in [0.15, 0.2) is 0 Å². The Hall–Kier alpha value is -1.08. The van der Waals surface area contributed by atoms with Crippen LogP contribution in [0, 0.1) is 16.7 Å². The lowest BCUT2D eigenvalue weighted by Gasteiger charge is -2.26. The minimum absolute atomic E-state index is 0.106. The second-order valence-electron chi connectivity index (χ2n) is 4.25. The number of aliphatic hydroxyl groups is 1. The largest absolute Gasteiger partial charge is 0.394 e. The quantitative estimate of drug-likeness (QED) is 0.692. The van der Waals surface area contributed by atoms with E-state index in [0.29, 0.717) is 12.8 Å². The van der Waals surface area contributed by atoms with Crippen molar-refractivity contribution < 1.29 is 9.90 Å². The van der Waals surface area contributed by atoms with Gasteiger partial charge >= 0.3 is 0 Å². The minimum Gasteiger partial charge on any atom is -0.394 e. The highest BCUT2D eigenvalue weighted by atomic mass is 16.3. The van der Waals surface area contributed by atoms with Gasteiger partial charge in [0.25, 0.3) is 0 Å². The van der Waals surface area contributed by atoms with Crippen LogP contribution in [0.3, 0.4) is 0 Å². The zero-order chi connectivity index (χ0) is 12.6. The number of nitrogens with zero attached hydrogens (tertiary/aromatic N) is 1. The molecule has 0 saturated heterocycles. The van der Waals surface area contributed by atoms with Crippen molar-refractivity contribution in [3.63, 3.8) is 0 Å². The lowest BCUT2D eigenvalue weighted by molar-refractivity contribution is -0.129. The standard InChI is InChI=1S/C12H22N2O2/c1-4-6-12(9-13,7-5-2)11(16)14-10(3)8-15/h10,15H,4-8H2,1-3H3,(H,14,16)/t10-/m0/s1. The molecular weight excluding hydrogens is 204 g/mol. The van der Waals surface area contributed by atoms with Gasteiger partial charge in [0.2, 0.25) is 5.91 Å². The highest BCUT2D eigenvalue weighted by Gasteiger charge is 2.37. The number of rotatable bonds is 7. The van der Waals surface area contributed by atoms with Crippen molar-refractivity contribution in [2.24, 2.45) is 5.41 Å². The van der Waals surface area contributed by atoms with Gasteiger partial charge in [-0.05, 0) is 19.8 Å². The summed E-state index contributed by atoms with van der Waals surface area (Å²) in [5, 5.41) is 20.8. The molecule has 16 heavy (non-hydrogen) atoms. The lowest BCUT2D eigenvalue weighted by Crippen LogP contribution is -2.45. The summed E-state index contributed by atoms with van der Waals surface area (Å²) in [5.41, 5.74) is -0.924. The van der Waals surface area contributed by atoms with Crippen molar-refractivity contribution >= 4 is 5.91 Å². The first kappa shape index (κ1) is 14.9. The molecule has 0 aromatic rings. The van der Waals surface area contributed by atoms with Crippen LogP contribution in [0.5, 0.6) is 0 Å². The molecule has 0 aliphatic heterocycles. The molecule has 0 aliphatic carbocycles. The maximum atomic E-state index is 12.0. The van der Waals surface area contributed by atoms with E-state index in [1.54, 1.807) is 6.92 Å². The molecule has 0 bridgehead atoms. The Bertz CT molecular complexity index is 252. The molecule has 0 fully saturated rings. The third kappa shape index (κ3) is 3.82. The Labute approximate surface area is 97.7 Å². The van der Waals surface area contributed by atoms with Crippen molar-refractivity contribution in [3.8, 4) is 6.07 Å². The van der Waals surface area contributed by atoms with E-state index in [0.717, 1.165) is 12.8 Å². The van der Waals surface area contributed by atoms with Crippen molar-refractivity contribution in [1.82, 2.24) is 5.32 Å². The smallest absolute Gasteiger partial charge is 0.240 e. The zero-order valence-electron chi connectivity index (χ0n) is 10.4. The summed E-state index contributed by atoms with van der Waals surface area (Å²) in [6, 6.07) is 1.86. The third-order valence-corrected chi connectivity index (χ3v) is 2.65. The molecule has 0 saturated carbocycles. The molecule has 0 rings (SSSR count). The van der Waals surface area contributed by atoms with E-state index >= 15 is 0 Å². The Morgan fingerprint density at radius 2 is 1.94 bits per heavy atom. The molecule has 0 heterocycles. The van der Waals surface area contributed by atoms with Gasteiger partial charge in [-0.15, -0.1) is 0 Å². The fraction of sp³-hybridized carbons (Fsp3) is 0.833. The molecule has 0 aliphatic rings. The van der Waals surface area contributed by atoms with E-state index in [4.69, 9.17) is 5.11 Å². The maximum absolute atomic E-state index is 12.0. The summed E-state index contributed by atoms with van der Waals surface area (Å²) in [6.45, 7) is 5.54. The summed E-state index contributed by atoms with van der Waals surface area (Å²) in [5.74, 6) is -0.250. The van der Waals surface area contributed by atoms with Crippen LogP contribution in [0.2, 0.25) is 0 Å². The number of carbonyl (C=O) groups excluding carboxylic acids is 1. The van der Waals surface area contributed by atoms with Gasteiger partial charge in [-0.1, -0.05) is 26.7 Å². The lowest BCUT2D eigenvalue weighted by atomic mass is 9.79. The van der Waals surface area contributed by atoms with E-state index in [9.17, 15) is 10.1 Å². The second kappa shape index (κ2) is 7.24. The molecule has 92 valence electrons. The van der Waals surface area contributed by atoms with Gasteiger partial charge in [-0.3, -0.25) is 4.79 Å². The molecule has 0 unspecified atom stereocenters. The summed E-state index contributed by atoms with van der Waals surface area (Å²) in [6.07, 6.45) is 2.74. The first-order valence-electron chi connectivity index (χ1n) is 5.89. The highest BCUT2D eigenvalue weighted by Crippen LogP contribution is 2.29. The summed E-state index contributed by atoms with van der Waals surface area (Å²) < 4.78 is 0. The number of amides is 1. The van der Waals surface area contributed by atoms with Gasteiger partial charge in [0.15, 0.2) is 0 Å². The minimum atomic E-state index is -0.924. The van der Waals surface area contributed by atoms with E-state index < -0.39 is 5.41 Å². The van der Waals surface area contributed by atoms with Crippen LogP contribution in [0.4, 0.5) is 0 Å². The van der Waals surface area contributed by atoms with Gasteiger partial charge < -0.3 is 10.4 Å². The van der Waals surface area contributed by atoms with E-state index in [1.807, 2.05) is 13.8 Å². The fourth-order valence-corrected chi connectivity index (χ4v) is 1.78. The van der Waals surface area contributed by atoms with Crippen LogP contribution in [-0.2, 0) is 4.79 Å². The highest BCUT2D eigenvalue weighted by molar-refractivity contribution is 5.85. The maximum Gasteiger partial charge on any atom is 0.240 e. The number of carbonyl (C=O) groups is 1. The molecule has 1 amide bonds. The molecule has 0 spiro atoms. The van der Waals surface area contributed by atoms with Crippen LogP contribution >= 0.6 is 0 Å². The molecule has 2 N–H and O–H groups in total. The van der Waals surface area contributed by atoms with E-state index in [-0.39, 0.29) is 18.6 Å².